The molecule has 0 radical (unpaired) electrons. The first-order valence-corrected chi connectivity index (χ1v) is 9.39. The van der Waals surface area contributed by atoms with Gasteiger partial charge in [-0.2, -0.15) is 0 Å². The summed E-state index contributed by atoms with van der Waals surface area (Å²) in [5.41, 5.74) is 0.399. The van der Waals surface area contributed by atoms with E-state index in [4.69, 9.17) is 9.47 Å². The molecule has 6 heteroatoms. The maximum Gasteiger partial charge on any atom is 0.338 e. The maximum absolute atomic E-state index is 12.0. The molecule has 2 rings (SSSR count). The predicted octanol–water partition coefficient (Wildman–Crippen LogP) is 5.12. The van der Waals surface area contributed by atoms with Gasteiger partial charge in [0, 0.05) is 0 Å². The number of thiophene rings is 1. The lowest BCUT2D eigenvalue weighted by atomic mass is 10.2. The Bertz CT molecular complexity index is 679. The zero-order chi connectivity index (χ0) is 17.4. The lowest BCUT2D eigenvalue weighted by Gasteiger charge is -2.07. The number of esters is 1. The van der Waals surface area contributed by atoms with Gasteiger partial charge in [-0.15, -0.1) is 11.3 Å². The Kier molecular flexibility index (Phi) is 7.46. The Morgan fingerprint density at radius 3 is 2.46 bits per heavy atom. The molecule has 4 nitrogen and oxygen atoms in total. The van der Waals surface area contributed by atoms with Crippen molar-refractivity contribution in [3.63, 3.8) is 0 Å². The fourth-order valence-corrected chi connectivity index (χ4v) is 3.29. The van der Waals surface area contributed by atoms with E-state index in [0.717, 1.165) is 28.8 Å². The summed E-state index contributed by atoms with van der Waals surface area (Å²) < 4.78 is 11.5. The van der Waals surface area contributed by atoms with Crippen LogP contribution in [-0.4, -0.2) is 25.0 Å². The van der Waals surface area contributed by atoms with E-state index in [0.29, 0.717) is 17.0 Å². The van der Waals surface area contributed by atoms with Crippen LogP contribution in [0.1, 0.15) is 46.2 Å². The molecule has 1 aromatic heterocycles. The number of rotatable bonds is 9. The first-order valence-electron chi connectivity index (χ1n) is 7.78. The summed E-state index contributed by atoms with van der Waals surface area (Å²) in [6.45, 7) is 2.55. The molecule has 128 valence electrons. The van der Waals surface area contributed by atoms with Crippen LogP contribution in [-0.2, 0) is 4.74 Å². The number of hydrogen-bond acceptors (Lipinski definition) is 5. The second-order valence-corrected chi connectivity index (χ2v) is 7.65. The van der Waals surface area contributed by atoms with E-state index in [-0.39, 0.29) is 12.4 Å². The van der Waals surface area contributed by atoms with Crippen molar-refractivity contribution in [2.45, 2.75) is 26.2 Å². The molecule has 0 aliphatic heterocycles. The molecule has 0 saturated carbocycles. The molecule has 0 aliphatic carbocycles. The Hall–Kier alpha value is -1.66. The van der Waals surface area contributed by atoms with Crippen LogP contribution in [0.25, 0.3) is 0 Å². The first-order chi connectivity index (χ1) is 11.6. The molecule has 0 spiro atoms. The van der Waals surface area contributed by atoms with Gasteiger partial charge in [-0.25, -0.2) is 4.79 Å². The summed E-state index contributed by atoms with van der Waals surface area (Å²) in [7, 11) is 0. The standard InChI is InChI=1S/C18H19BrO4S/c1-2-3-4-11-22-14-7-5-13(6-8-14)18(21)23-12-15(20)16-9-10-17(19)24-16/h5-10H,2-4,11-12H2,1H3. The van der Waals surface area contributed by atoms with Crippen molar-refractivity contribution in [1.29, 1.82) is 0 Å². The highest BCUT2D eigenvalue weighted by Gasteiger charge is 2.13. The summed E-state index contributed by atoms with van der Waals surface area (Å²) in [6, 6.07) is 10.3. The molecule has 0 bridgehead atoms. The topological polar surface area (TPSA) is 52.6 Å². The molecule has 0 amide bonds. The van der Waals surface area contributed by atoms with Crippen LogP contribution in [0.15, 0.2) is 40.2 Å². The van der Waals surface area contributed by atoms with Gasteiger partial charge in [-0.05, 0) is 58.7 Å². The molecule has 2 aromatic rings. The van der Waals surface area contributed by atoms with Gasteiger partial charge < -0.3 is 9.47 Å². The van der Waals surface area contributed by atoms with E-state index >= 15 is 0 Å². The molecule has 0 aliphatic rings. The number of unbranched alkanes of at least 4 members (excludes halogenated alkanes) is 2. The van der Waals surface area contributed by atoms with E-state index in [1.54, 1.807) is 36.4 Å². The summed E-state index contributed by atoms with van der Waals surface area (Å²) >= 11 is 4.61. The van der Waals surface area contributed by atoms with Gasteiger partial charge in [0.25, 0.3) is 0 Å². The summed E-state index contributed by atoms with van der Waals surface area (Å²) in [5.74, 6) is -0.00593. The summed E-state index contributed by atoms with van der Waals surface area (Å²) in [5, 5.41) is 0. The quantitative estimate of drug-likeness (QED) is 0.327. The molecule has 1 heterocycles. The number of Topliss-reactive ketones (excluding diaryl/α,β-unsaturated/α-hetero) is 1. The Labute approximate surface area is 153 Å². The Balaban J connectivity index is 1.80. The number of ketones is 1. The van der Waals surface area contributed by atoms with Gasteiger partial charge in [0.2, 0.25) is 5.78 Å². The summed E-state index contributed by atoms with van der Waals surface area (Å²) in [4.78, 5) is 24.4. The fourth-order valence-electron chi connectivity index (χ4n) is 1.98. The van der Waals surface area contributed by atoms with Crippen LogP contribution < -0.4 is 4.74 Å². The highest BCUT2D eigenvalue weighted by Crippen LogP contribution is 2.22. The van der Waals surface area contributed by atoms with Crippen molar-refractivity contribution in [1.82, 2.24) is 0 Å². The van der Waals surface area contributed by atoms with E-state index in [1.807, 2.05) is 0 Å². The van der Waals surface area contributed by atoms with E-state index in [2.05, 4.69) is 22.9 Å². The second kappa shape index (κ2) is 9.59. The van der Waals surface area contributed by atoms with Crippen LogP contribution in [0.2, 0.25) is 0 Å². The number of halogens is 1. The fraction of sp³-hybridized carbons (Fsp3) is 0.333. The average Bonchev–Trinajstić information content (AvgIpc) is 3.03. The normalized spacial score (nSPS) is 10.4. The molecular weight excluding hydrogens is 392 g/mol. The van der Waals surface area contributed by atoms with Gasteiger partial charge in [0.05, 0.1) is 20.8 Å². The third-order valence-corrected chi connectivity index (χ3v) is 4.95. The van der Waals surface area contributed by atoms with Crippen LogP contribution in [0.4, 0.5) is 0 Å². The zero-order valence-corrected chi connectivity index (χ0v) is 15.8. The Morgan fingerprint density at radius 1 is 1.08 bits per heavy atom. The van der Waals surface area contributed by atoms with Crippen molar-refractivity contribution in [3.8, 4) is 5.75 Å². The number of benzene rings is 1. The minimum atomic E-state index is -0.517. The van der Waals surface area contributed by atoms with Crippen LogP contribution in [0.3, 0.4) is 0 Å². The van der Waals surface area contributed by atoms with Crippen LogP contribution in [0.5, 0.6) is 5.75 Å². The lowest BCUT2D eigenvalue weighted by Crippen LogP contribution is -2.13. The molecular formula is C18H19BrO4S. The third kappa shape index (κ3) is 5.76. The van der Waals surface area contributed by atoms with Crippen LogP contribution in [0, 0.1) is 0 Å². The average molecular weight is 411 g/mol. The van der Waals surface area contributed by atoms with Gasteiger partial charge >= 0.3 is 5.97 Å². The van der Waals surface area contributed by atoms with Crippen LogP contribution >= 0.6 is 27.3 Å². The Morgan fingerprint density at radius 2 is 1.83 bits per heavy atom. The van der Waals surface area contributed by atoms with E-state index in [1.165, 1.54) is 11.3 Å². The molecule has 0 saturated heterocycles. The van der Waals surface area contributed by atoms with Crippen molar-refractivity contribution >= 4 is 39.0 Å². The van der Waals surface area contributed by atoms with E-state index in [9.17, 15) is 9.59 Å². The van der Waals surface area contributed by atoms with Crippen molar-refractivity contribution in [2.75, 3.05) is 13.2 Å². The monoisotopic (exact) mass is 410 g/mol. The van der Waals surface area contributed by atoms with Gasteiger partial charge in [-0.1, -0.05) is 19.8 Å². The summed E-state index contributed by atoms with van der Waals surface area (Å²) in [6.07, 6.45) is 3.30. The van der Waals surface area contributed by atoms with Crippen molar-refractivity contribution in [3.05, 3.63) is 50.6 Å². The number of hydrogen-bond donors (Lipinski definition) is 0. The van der Waals surface area contributed by atoms with Gasteiger partial charge in [-0.3, -0.25) is 4.79 Å². The van der Waals surface area contributed by atoms with E-state index < -0.39 is 5.97 Å². The largest absolute Gasteiger partial charge is 0.494 e. The first kappa shape index (κ1) is 18.7. The highest BCUT2D eigenvalue weighted by atomic mass is 79.9. The zero-order valence-electron chi connectivity index (χ0n) is 13.4. The number of ether oxygens (including phenoxy) is 2. The minimum absolute atomic E-state index is 0.213. The maximum atomic E-state index is 12.0. The van der Waals surface area contributed by atoms with Crippen molar-refractivity contribution in [2.24, 2.45) is 0 Å². The lowest BCUT2D eigenvalue weighted by molar-refractivity contribution is 0.0476. The molecule has 0 unspecified atom stereocenters. The minimum Gasteiger partial charge on any atom is -0.494 e. The van der Waals surface area contributed by atoms with Gasteiger partial charge in [0.15, 0.2) is 6.61 Å². The van der Waals surface area contributed by atoms with Crippen molar-refractivity contribution < 1.29 is 19.1 Å². The molecule has 0 N–H and O–H groups in total. The molecule has 1 aromatic carbocycles. The smallest absolute Gasteiger partial charge is 0.338 e. The number of carbonyl (C=O) groups is 2. The third-order valence-electron chi connectivity index (χ3n) is 3.29. The number of carbonyl (C=O) groups excluding carboxylic acids is 2. The predicted molar refractivity (Wildman–Crippen MR) is 98.1 cm³/mol. The highest BCUT2D eigenvalue weighted by molar-refractivity contribution is 9.11. The molecule has 0 fully saturated rings. The SMILES string of the molecule is CCCCCOc1ccc(C(=O)OCC(=O)c2ccc(Br)s2)cc1. The van der Waals surface area contributed by atoms with Gasteiger partial charge in [0.1, 0.15) is 5.75 Å². The molecule has 0 atom stereocenters. The second-order valence-electron chi connectivity index (χ2n) is 5.18. The molecule has 24 heavy (non-hydrogen) atoms.